The number of carbonyl (C=O) groups is 1. The number of alkyl halides is 3. The number of rotatable bonds is 3. The van der Waals surface area contributed by atoms with Crippen LogP contribution in [0.5, 0.6) is 0 Å². The third-order valence-electron chi connectivity index (χ3n) is 5.29. The molecule has 2 fully saturated rings. The Balaban J connectivity index is 1.96. The number of halogens is 3. The Kier molecular flexibility index (Phi) is 5.75. The fraction of sp³-hybridized carbons (Fsp3) is 0.611. The molecule has 1 aromatic rings. The maximum absolute atomic E-state index is 13.6. The van der Waals surface area contributed by atoms with Crippen molar-refractivity contribution in [2.45, 2.75) is 49.0 Å². The fourth-order valence-electron chi connectivity index (χ4n) is 3.94. The Bertz CT molecular complexity index is 857. The second-order valence-electron chi connectivity index (χ2n) is 7.39. The minimum absolute atomic E-state index is 0.0694. The van der Waals surface area contributed by atoms with Crippen LogP contribution in [0.2, 0.25) is 0 Å². The largest absolute Gasteiger partial charge is 0.416 e. The van der Waals surface area contributed by atoms with Crippen molar-refractivity contribution in [1.29, 1.82) is 0 Å². The summed E-state index contributed by atoms with van der Waals surface area (Å²) in [5.74, 6) is -0.319. The highest BCUT2D eigenvalue weighted by Gasteiger charge is 2.40. The van der Waals surface area contributed by atoms with Gasteiger partial charge in [0.1, 0.15) is 0 Å². The van der Waals surface area contributed by atoms with Gasteiger partial charge in [-0.15, -0.1) is 0 Å². The molecule has 6 nitrogen and oxygen atoms in total. The molecule has 2 heterocycles. The van der Waals surface area contributed by atoms with E-state index in [1.807, 2.05) is 6.92 Å². The fourth-order valence-corrected chi connectivity index (χ4v) is 4.58. The second-order valence-corrected chi connectivity index (χ2v) is 9.41. The van der Waals surface area contributed by atoms with Crippen molar-refractivity contribution in [2.24, 2.45) is 0 Å². The van der Waals surface area contributed by atoms with Crippen LogP contribution in [0, 0.1) is 0 Å². The van der Waals surface area contributed by atoms with Crippen LogP contribution < -0.4 is 5.32 Å². The van der Waals surface area contributed by atoms with Gasteiger partial charge >= 0.3 is 6.18 Å². The Morgan fingerprint density at radius 2 is 2.00 bits per heavy atom. The summed E-state index contributed by atoms with van der Waals surface area (Å²) < 4.78 is 69.7. The number of benzene rings is 1. The molecule has 2 saturated heterocycles. The van der Waals surface area contributed by atoms with Gasteiger partial charge in [-0.1, -0.05) is 6.07 Å². The van der Waals surface area contributed by atoms with Crippen molar-refractivity contribution in [3.63, 3.8) is 0 Å². The highest BCUT2D eigenvalue weighted by molar-refractivity contribution is 7.90. The molecule has 1 amide bonds. The van der Waals surface area contributed by atoms with Gasteiger partial charge in [0, 0.05) is 31.3 Å². The number of nitrogens with zero attached hydrogens (tertiary/aromatic N) is 1. The van der Waals surface area contributed by atoms with Gasteiger partial charge in [-0.2, -0.15) is 13.2 Å². The topological polar surface area (TPSA) is 75.7 Å². The van der Waals surface area contributed by atoms with Gasteiger partial charge in [-0.05, 0) is 31.0 Å². The minimum atomic E-state index is -4.74. The van der Waals surface area contributed by atoms with Crippen molar-refractivity contribution >= 4 is 15.7 Å². The van der Waals surface area contributed by atoms with E-state index in [1.165, 1.54) is 0 Å². The van der Waals surface area contributed by atoms with E-state index in [2.05, 4.69) is 10.2 Å². The van der Waals surface area contributed by atoms with E-state index in [0.29, 0.717) is 32.2 Å². The lowest BCUT2D eigenvalue weighted by molar-refractivity contribution is -0.139. The summed E-state index contributed by atoms with van der Waals surface area (Å²) in [6.45, 7) is 3.61. The molecule has 3 rings (SSSR count). The summed E-state index contributed by atoms with van der Waals surface area (Å²) in [7, 11) is -3.79. The van der Waals surface area contributed by atoms with Crippen molar-refractivity contribution < 1.29 is 31.1 Å². The Labute approximate surface area is 162 Å². The maximum Gasteiger partial charge on any atom is 0.416 e. The molecule has 0 bridgehead atoms. The van der Waals surface area contributed by atoms with Crippen molar-refractivity contribution in [1.82, 2.24) is 10.2 Å². The lowest BCUT2D eigenvalue weighted by Gasteiger charge is -2.43. The summed E-state index contributed by atoms with van der Waals surface area (Å²) in [6, 6.07) is 2.00. The molecule has 0 radical (unpaired) electrons. The molecule has 28 heavy (non-hydrogen) atoms. The number of amides is 1. The maximum atomic E-state index is 13.6. The highest BCUT2D eigenvalue weighted by Crippen LogP contribution is 2.39. The SMILES string of the molecule is C[C@@H]1COCCN1C1CC(=O)NC(c2ccc(S(C)(=O)=O)cc2C(F)(F)F)C1. The number of carbonyl (C=O) groups excluding carboxylic acids is 1. The third-order valence-corrected chi connectivity index (χ3v) is 6.40. The zero-order valence-corrected chi connectivity index (χ0v) is 16.4. The van der Waals surface area contributed by atoms with E-state index in [1.54, 1.807) is 0 Å². The van der Waals surface area contributed by atoms with Crippen molar-refractivity contribution in [2.75, 3.05) is 26.0 Å². The molecule has 1 N–H and O–H groups in total. The number of hydrogen-bond donors (Lipinski definition) is 1. The van der Waals surface area contributed by atoms with E-state index in [4.69, 9.17) is 4.74 Å². The number of piperidine rings is 1. The number of sulfone groups is 1. The first-order valence-corrected chi connectivity index (χ1v) is 10.9. The lowest BCUT2D eigenvalue weighted by atomic mass is 9.89. The summed E-state index contributed by atoms with van der Waals surface area (Å²) in [5.41, 5.74) is -1.14. The van der Waals surface area contributed by atoms with Crippen LogP contribution in [0.25, 0.3) is 0 Å². The normalized spacial score (nSPS) is 27.5. The summed E-state index contributed by atoms with van der Waals surface area (Å²) in [4.78, 5) is 14.0. The summed E-state index contributed by atoms with van der Waals surface area (Å²) >= 11 is 0. The monoisotopic (exact) mass is 420 g/mol. The second kappa shape index (κ2) is 7.64. The summed E-state index contributed by atoms with van der Waals surface area (Å²) in [6.07, 6.45) is -3.35. The first kappa shape index (κ1) is 21.1. The average molecular weight is 420 g/mol. The van der Waals surface area contributed by atoms with Gasteiger partial charge in [0.2, 0.25) is 5.91 Å². The first-order valence-electron chi connectivity index (χ1n) is 9.01. The molecule has 3 atom stereocenters. The van der Waals surface area contributed by atoms with Gasteiger partial charge in [-0.3, -0.25) is 9.69 Å². The molecule has 10 heteroatoms. The van der Waals surface area contributed by atoms with Crippen LogP contribution in [0.1, 0.15) is 36.9 Å². The minimum Gasteiger partial charge on any atom is -0.379 e. The smallest absolute Gasteiger partial charge is 0.379 e. The van der Waals surface area contributed by atoms with Crippen molar-refractivity contribution in [3.05, 3.63) is 29.3 Å². The van der Waals surface area contributed by atoms with E-state index < -0.39 is 32.5 Å². The molecule has 0 aromatic heterocycles. The molecule has 2 unspecified atom stereocenters. The predicted molar refractivity (Wildman–Crippen MR) is 95.4 cm³/mol. The average Bonchev–Trinajstić information content (AvgIpc) is 2.59. The van der Waals surface area contributed by atoms with Crippen LogP contribution in [0.3, 0.4) is 0 Å². The van der Waals surface area contributed by atoms with E-state index in [-0.39, 0.29) is 30.0 Å². The van der Waals surface area contributed by atoms with Crippen LogP contribution >= 0.6 is 0 Å². The van der Waals surface area contributed by atoms with Gasteiger partial charge < -0.3 is 10.1 Å². The third kappa shape index (κ3) is 4.49. The Hall–Kier alpha value is -1.65. The van der Waals surface area contributed by atoms with Gasteiger partial charge in [0.25, 0.3) is 0 Å². The van der Waals surface area contributed by atoms with Crippen LogP contribution in [0.15, 0.2) is 23.1 Å². The molecular weight excluding hydrogens is 397 g/mol. The molecular formula is C18H23F3N2O4S. The molecule has 2 aliphatic rings. The van der Waals surface area contributed by atoms with Crippen LogP contribution in [0.4, 0.5) is 13.2 Å². The van der Waals surface area contributed by atoms with E-state index in [9.17, 15) is 26.4 Å². The lowest BCUT2D eigenvalue weighted by Crippen LogP contribution is -2.54. The predicted octanol–water partition coefficient (Wildman–Crippen LogP) is 2.15. The molecule has 0 spiro atoms. The highest BCUT2D eigenvalue weighted by atomic mass is 32.2. The molecule has 0 saturated carbocycles. The quantitative estimate of drug-likeness (QED) is 0.811. The van der Waals surface area contributed by atoms with E-state index >= 15 is 0 Å². The number of nitrogens with one attached hydrogen (secondary N) is 1. The zero-order valence-electron chi connectivity index (χ0n) is 15.6. The standard InChI is InChI=1S/C18H23F3N2O4S/c1-11-10-27-6-5-23(11)12-7-16(22-17(24)8-12)14-4-3-13(28(2,25)26)9-15(14)18(19,20)21/h3-4,9,11-12,16H,5-8,10H2,1-2H3,(H,22,24)/t11-,12?,16?/m1/s1. The number of ether oxygens (including phenoxy) is 1. The first-order chi connectivity index (χ1) is 13.0. The number of hydrogen-bond acceptors (Lipinski definition) is 5. The molecule has 0 aliphatic carbocycles. The Morgan fingerprint density at radius 1 is 1.29 bits per heavy atom. The van der Waals surface area contributed by atoms with Gasteiger partial charge in [-0.25, -0.2) is 8.42 Å². The van der Waals surface area contributed by atoms with E-state index in [0.717, 1.165) is 18.4 Å². The molecule has 1 aromatic carbocycles. The van der Waals surface area contributed by atoms with Crippen molar-refractivity contribution in [3.8, 4) is 0 Å². The van der Waals surface area contributed by atoms with Gasteiger partial charge in [0.15, 0.2) is 9.84 Å². The zero-order chi connectivity index (χ0) is 20.7. The molecule has 156 valence electrons. The summed E-state index contributed by atoms with van der Waals surface area (Å²) in [5, 5.41) is 2.64. The van der Waals surface area contributed by atoms with Crippen LogP contribution in [-0.2, 0) is 25.5 Å². The molecule has 2 aliphatic heterocycles. The van der Waals surface area contributed by atoms with Crippen LogP contribution in [-0.4, -0.2) is 57.3 Å². The number of morpholine rings is 1. The van der Waals surface area contributed by atoms with Gasteiger partial charge in [0.05, 0.1) is 29.7 Å². The Morgan fingerprint density at radius 3 is 2.61 bits per heavy atom.